The van der Waals surface area contributed by atoms with Gasteiger partial charge in [-0.05, 0) is 60.7 Å². The molecule has 30 heavy (non-hydrogen) atoms. The highest BCUT2D eigenvalue weighted by Gasteiger charge is 2.12. The molecule has 0 unspecified atom stereocenters. The molecule has 0 atom stereocenters. The molecule has 5 nitrogen and oxygen atoms in total. The van der Waals surface area contributed by atoms with Gasteiger partial charge in [0.05, 0.1) is 16.6 Å². The van der Waals surface area contributed by atoms with Gasteiger partial charge in [-0.1, -0.05) is 18.2 Å². The van der Waals surface area contributed by atoms with E-state index in [2.05, 4.69) is 10.3 Å². The first-order valence-corrected chi connectivity index (χ1v) is 9.41. The Bertz CT molecular complexity index is 1380. The van der Waals surface area contributed by atoms with Gasteiger partial charge in [0.2, 0.25) is 0 Å². The highest BCUT2D eigenvalue weighted by molar-refractivity contribution is 7.71. The first kappa shape index (κ1) is 19.7. The number of halogens is 2. The number of rotatable bonds is 4. The molecule has 4 rings (SSSR count). The number of amides is 1. The van der Waals surface area contributed by atoms with Crippen molar-refractivity contribution >= 4 is 29.0 Å². The highest BCUT2D eigenvalue weighted by atomic mass is 32.1. The maximum atomic E-state index is 13.7. The zero-order valence-corrected chi connectivity index (χ0v) is 16.3. The smallest absolute Gasteiger partial charge is 0.266 e. The van der Waals surface area contributed by atoms with E-state index in [1.165, 1.54) is 53.1 Å². The third kappa shape index (κ3) is 3.77. The van der Waals surface area contributed by atoms with Crippen molar-refractivity contribution in [3.05, 3.63) is 105 Å². The van der Waals surface area contributed by atoms with Gasteiger partial charge in [0.25, 0.3) is 11.5 Å². The first-order valence-electron chi connectivity index (χ1n) is 9.01. The number of nitrogens with one attached hydrogen (secondary N) is 2. The van der Waals surface area contributed by atoms with Crippen molar-refractivity contribution in [1.29, 1.82) is 0 Å². The summed E-state index contributed by atoms with van der Waals surface area (Å²) in [6.45, 7) is 0.0334. The molecular weight excluding hydrogens is 408 g/mol. The standard InChI is InChI=1S/C22H15F2N3O2S/c23-15-6-8-16(9-7-15)27-21(29)17-10-5-13(11-19(17)26-22(27)30)20(28)25-12-14-3-1-2-4-18(14)24/h1-11H,12H2,(H,25,28)(H,26,30). The zero-order valence-electron chi connectivity index (χ0n) is 15.5. The minimum Gasteiger partial charge on any atom is -0.348 e. The minimum atomic E-state index is -0.423. The second-order valence-corrected chi connectivity index (χ2v) is 6.97. The van der Waals surface area contributed by atoms with Gasteiger partial charge in [0.15, 0.2) is 4.77 Å². The molecule has 0 aliphatic rings. The molecule has 1 heterocycles. The summed E-state index contributed by atoms with van der Waals surface area (Å²) in [5.41, 5.74) is 1.09. The van der Waals surface area contributed by atoms with Crippen molar-refractivity contribution in [2.24, 2.45) is 0 Å². The number of carbonyl (C=O) groups excluding carboxylic acids is 1. The van der Waals surface area contributed by atoms with Crippen LogP contribution in [0.2, 0.25) is 0 Å². The van der Waals surface area contributed by atoms with E-state index in [1.54, 1.807) is 18.2 Å². The predicted octanol–water partition coefficient (Wildman–Crippen LogP) is 4.26. The van der Waals surface area contributed by atoms with Gasteiger partial charge < -0.3 is 10.3 Å². The largest absolute Gasteiger partial charge is 0.348 e. The van der Waals surface area contributed by atoms with Crippen molar-refractivity contribution in [2.45, 2.75) is 6.54 Å². The summed E-state index contributed by atoms with van der Waals surface area (Å²) in [6, 6.07) is 16.1. The Labute approximate surface area is 174 Å². The fourth-order valence-corrected chi connectivity index (χ4v) is 3.40. The molecule has 1 aromatic heterocycles. The van der Waals surface area contributed by atoms with Crippen LogP contribution in [0.4, 0.5) is 8.78 Å². The van der Waals surface area contributed by atoms with Crippen LogP contribution < -0.4 is 10.9 Å². The number of H-pyrrole nitrogens is 1. The summed E-state index contributed by atoms with van der Waals surface area (Å²) in [4.78, 5) is 28.3. The lowest BCUT2D eigenvalue weighted by Crippen LogP contribution is -2.24. The molecule has 1 amide bonds. The van der Waals surface area contributed by atoms with Crippen molar-refractivity contribution in [3.63, 3.8) is 0 Å². The lowest BCUT2D eigenvalue weighted by atomic mass is 10.1. The van der Waals surface area contributed by atoms with Crippen molar-refractivity contribution in [2.75, 3.05) is 0 Å². The number of nitrogens with zero attached hydrogens (tertiary/aromatic N) is 1. The second kappa shape index (κ2) is 8.00. The Morgan fingerprint density at radius 1 is 1.03 bits per heavy atom. The third-order valence-corrected chi connectivity index (χ3v) is 4.93. The Morgan fingerprint density at radius 2 is 1.77 bits per heavy atom. The average molecular weight is 423 g/mol. The maximum absolute atomic E-state index is 13.7. The molecule has 0 aliphatic carbocycles. The fraction of sp³-hybridized carbons (Fsp3) is 0.0455. The first-order chi connectivity index (χ1) is 14.4. The SMILES string of the molecule is O=C(NCc1ccccc1F)c1ccc2c(=O)n(-c3ccc(F)cc3)c(=S)[nH]c2c1. The molecule has 0 radical (unpaired) electrons. The van der Waals surface area contributed by atoms with E-state index in [9.17, 15) is 18.4 Å². The van der Waals surface area contributed by atoms with E-state index < -0.39 is 23.1 Å². The van der Waals surface area contributed by atoms with Gasteiger partial charge in [-0.3, -0.25) is 14.2 Å². The molecular formula is C22H15F2N3O2S. The molecule has 3 aromatic carbocycles. The molecule has 0 saturated carbocycles. The van der Waals surface area contributed by atoms with Crippen LogP contribution in [0.5, 0.6) is 0 Å². The van der Waals surface area contributed by atoms with Crippen LogP contribution in [0.1, 0.15) is 15.9 Å². The normalized spacial score (nSPS) is 10.9. The van der Waals surface area contributed by atoms with Crippen molar-refractivity contribution in [1.82, 2.24) is 14.9 Å². The molecule has 2 N–H and O–H groups in total. The maximum Gasteiger partial charge on any atom is 0.266 e. The lowest BCUT2D eigenvalue weighted by molar-refractivity contribution is 0.0950. The van der Waals surface area contributed by atoms with Gasteiger partial charge in [0, 0.05) is 17.7 Å². The summed E-state index contributed by atoms with van der Waals surface area (Å²) in [5, 5.41) is 2.97. The Balaban J connectivity index is 1.66. The molecule has 0 saturated heterocycles. The second-order valence-electron chi connectivity index (χ2n) is 6.58. The topological polar surface area (TPSA) is 66.9 Å². The average Bonchev–Trinajstić information content (AvgIpc) is 2.74. The van der Waals surface area contributed by atoms with E-state index >= 15 is 0 Å². The van der Waals surface area contributed by atoms with Gasteiger partial charge >= 0.3 is 0 Å². The number of hydrogen-bond donors (Lipinski definition) is 2. The van der Waals surface area contributed by atoms with Crippen LogP contribution in [0.25, 0.3) is 16.6 Å². The van der Waals surface area contributed by atoms with E-state index in [-0.39, 0.29) is 11.3 Å². The van der Waals surface area contributed by atoms with Gasteiger partial charge in [-0.15, -0.1) is 0 Å². The number of hydrogen-bond acceptors (Lipinski definition) is 3. The summed E-state index contributed by atoms with van der Waals surface area (Å²) >= 11 is 5.29. The van der Waals surface area contributed by atoms with E-state index in [0.717, 1.165) is 0 Å². The van der Waals surface area contributed by atoms with Crippen molar-refractivity contribution in [3.8, 4) is 5.69 Å². The molecule has 8 heteroatoms. The fourth-order valence-electron chi connectivity index (χ4n) is 3.10. The van der Waals surface area contributed by atoms with Crippen molar-refractivity contribution < 1.29 is 13.6 Å². The molecule has 150 valence electrons. The molecule has 0 fully saturated rings. The van der Waals surface area contributed by atoms with Crippen LogP contribution in [0.3, 0.4) is 0 Å². The molecule has 0 bridgehead atoms. The monoisotopic (exact) mass is 423 g/mol. The Morgan fingerprint density at radius 3 is 2.50 bits per heavy atom. The predicted molar refractivity (Wildman–Crippen MR) is 112 cm³/mol. The van der Waals surface area contributed by atoms with Crippen LogP contribution in [0.15, 0.2) is 71.5 Å². The molecule has 0 aliphatic heterocycles. The lowest BCUT2D eigenvalue weighted by Gasteiger charge is -2.10. The van der Waals surface area contributed by atoms with E-state index in [1.807, 2.05) is 0 Å². The third-order valence-electron chi connectivity index (χ3n) is 4.64. The van der Waals surface area contributed by atoms with E-state index in [4.69, 9.17) is 12.2 Å². The van der Waals surface area contributed by atoms with Crippen LogP contribution in [-0.2, 0) is 6.54 Å². The minimum absolute atomic E-state index is 0.0334. The quantitative estimate of drug-likeness (QED) is 0.482. The number of aromatic nitrogens is 2. The van der Waals surface area contributed by atoms with Crippen LogP contribution in [0, 0.1) is 16.4 Å². The number of fused-ring (bicyclic) bond motifs is 1. The zero-order chi connectivity index (χ0) is 21.3. The van der Waals surface area contributed by atoms with E-state index in [0.29, 0.717) is 27.7 Å². The van der Waals surface area contributed by atoms with Crippen LogP contribution in [-0.4, -0.2) is 15.5 Å². The highest BCUT2D eigenvalue weighted by Crippen LogP contribution is 2.14. The van der Waals surface area contributed by atoms with Crippen LogP contribution >= 0.6 is 12.2 Å². The van der Waals surface area contributed by atoms with Gasteiger partial charge in [-0.25, -0.2) is 8.78 Å². The summed E-state index contributed by atoms with van der Waals surface area (Å²) in [7, 11) is 0. The number of carbonyl (C=O) groups is 1. The summed E-state index contributed by atoms with van der Waals surface area (Å²) < 4.78 is 28.3. The Hall–Kier alpha value is -3.65. The number of benzene rings is 3. The molecule has 4 aromatic rings. The number of aromatic amines is 1. The molecule has 0 spiro atoms. The van der Waals surface area contributed by atoms with Gasteiger partial charge in [0.1, 0.15) is 11.6 Å². The summed E-state index contributed by atoms with van der Waals surface area (Å²) in [6.07, 6.45) is 0. The Kier molecular flexibility index (Phi) is 5.24. The van der Waals surface area contributed by atoms with Gasteiger partial charge in [-0.2, -0.15) is 0 Å². The summed E-state index contributed by atoms with van der Waals surface area (Å²) in [5.74, 6) is -1.24.